The lowest BCUT2D eigenvalue weighted by molar-refractivity contribution is -0.134. The summed E-state index contributed by atoms with van der Waals surface area (Å²) in [5.74, 6) is -2.30. The number of carboxylic acids is 2. The van der Waals surface area contributed by atoms with E-state index in [1.165, 1.54) is 0 Å². The number of hydrogen-bond acceptors (Lipinski definition) is 3. The van der Waals surface area contributed by atoms with Crippen LogP contribution in [0.3, 0.4) is 0 Å². The fraction of sp³-hybridized carbons (Fsp3) is 0.455. The van der Waals surface area contributed by atoms with E-state index in [1.807, 2.05) is 6.92 Å². The molecular formula is C11H16O5. The Hall–Kier alpha value is -1.62. The topological polar surface area (TPSA) is 83.8 Å². The summed E-state index contributed by atoms with van der Waals surface area (Å²) in [4.78, 5) is 21.1. The van der Waals surface area contributed by atoms with Gasteiger partial charge in [0, 0.05) is 0 Å². The number of carboxylic acid groups (broad SMARTS) is 2. The van der Waals surface area contributed by atoms with Crippen LogP contribution in [-0.4, -0.2) is 34.9 Å². The minimum absolute atomic E-state index is 0.0694. The van der Waals surface area contributed by atoms with Gasteiger partial charge in [-0.3, -0.25) is 0 Å². The molecule has 0 fully saturated rings. The third-order valence-corrected chi connectivity index (χ3v) is 1.98. The number of aliphatic carboxylic acids is 2. The molecule has 0 rings (SSSR count). The quantitative estimate of drug-likeness (QED) is 0.614. The van der Waals surface area contributed by atoms with Crippen molar-refractivity contribution in [1.82, 2.24) is 0 Å². The van der Waals surface area contributed by atoms with E-state index in [0.717, 1.165) is 6.42 Å². The number of hydrogen-bond donors (Lipinski definition) is 2. The first-order valence-electron chi connectivity index (χ1n) is 4.84. The Morgan fingerprint density at radius 1 is 1.25 bits per heavy atom. The maximum Gasteiger partial charge on any atom is 0.333 e. The predicted octanol–water partition coefficient (Wildman–Crippen LogP) is 1.45. The average Bonchev–Trinajstić information content (AvgIpc) is 2.22. The van der Waals surface area contributed by atoms with Crippen molar-refractivity contribution < 1.29 is 24.5 Å². The van der Waals surface area contributed by atoms with Crippen molar-refractivity contribution in [3.63, 3.8) is 0 Å². The van der Waals surface area contributed by atoms with Gasteiger partial charge in [0.1, 0.15) is 0 Å². The molecule has 5 heteroatoms. The summed E-state index contributed by atoms with van der Waals surface area (Å²) in [7, 11) is 0. The van der Waals surface area contributed by atoms with Gasteiger partial charge in [-0.2, -0.15) is 0 Å². The molecule has 2 N–H and O–H groups in total. The maximum absolute atomic E-state index is 10.7. The summed E-state index contributed by atoms with van der Waals surface area (Å²) >= 11 is 0. The molecule has 1 atom stereocenters. The zero-order valence-electron chi connectivity index (χ0n) is 9.23. The molecule has 0 amide bonds. The van der Waals surface area contributed by atoms with Gasteiger partial charge < -0.3 is 14.9 Å². The summed E-state index contributed by atoms with van der Waals surface area (Å²) < 4.78 is 5.17. The minimum Gasteiger partial charge on any atom is -0.478 e. The Balaban J connectivity index is 4.35. The molecule has 0 aromatic carbocycles. The fourth-order valence-corrected chi connectivity index (χ4v) is 1.02. The van der Waals surface area contributed by atoms with Crippen LogP contribution in [0.2, 0.25) is 0 Å². The van der Waals surface area contributed by atoms with Crippen LogP contribution in [0.1, 0.15) is 19.8 Å². The third kappa shape index (κ3) is 4.75. The van der Waals surface area contributed by atoms with Crippen molar-refractivity contribution in [2.24, 2.45) is 0 Å². The Kier molecular flexibility index (Phi) is 6.10. The SMILES string of the molecule is C=C(COC(CCC)C(=C)C(=O)O)C(=O)O. The molecule has 16 heavy (non-hydrogen) atoms. The Bertz CT molecular complexity index is 305. The summed E-state index contributed by atoms with van der Waals surface area (Å²) in [5.41, 5.74) is -0.181. The van der Waals surface area contributed by atoms with Crippen molar-refractivity contribution in [3.8, 4) is 0 Å². The molecule has 0 bridgehead atoms. The average molecular weight is 228 g/mol. The second kappa shape index (κ2) is 6.79. The van der Waals surface area contributed by atoms with Crippen LogP contribution in [0.15, 0.2) is 24.3 Å². The van der Waals surface area contributed by atoms with E-state index in [9.17, 15) is 9.59 Å². The van der Waals surface area contributed by atoms with Gasteiger partial charge in [0.2, 0.25) is 0 Å². The van der Waals surface area contributed by atoms with Gasteiger partial charge >= 0.3 is 11.9 Å². The molecule has 0 saturated carbocycles. The first kappa shape index (κ1) is 14.4. The number of rotatable bonds is 8. The van der Waals surface area contributed by atoms with E-state index in [1.54, 1.807) is 0 Å². The zero-order valence-corrected chi connectivity index (χ0v) is 9.23. The van der Waals surface area contributed by atoms with Crippen LogP contribution in [0.5, 0.6) is 0 Å². The molecule has 0 aliphatic rings. The molecule has 0 aliphatic carbocycles. The molecule has 0 aromatic rings. The smallest absolute Gasteiger partial charge is 0.333 e. The summed E-state index contributed by atoms with van der Waals surface area (Å²) in [5, 5.41) is 17.3. The number of carbonyl (C=O) groups is 2. The van der Waals surface area contributed by atoms with Crippen LogP contribution in [0.25, 0.3) is 0 Å². The van der Waals surface area contributed by atoms with E-state index in [2.05, 4.69) is 13.2 Å². The van der Waals surface area contributed by atoms with Crippen molar-refractivity contribution in [3.05, 3.63) is 24.3 Å². The highest BCUT2D eigenvalue weighted by atomic mass is 16.5. The van der Waals surface area contributed by atoms with E-state index >= 15 is 0 Å². The van der Waals surface area contributed by atoms with Crippen LogP contribution in [-0.2, 0) is 14.3 Å². The first-order valence-corrected chi connectivity index (χ1v) is 4.84. The van der Waals surface area contributed by atoms with Crippen molar-refractivity contribution in [2.45, 2.75) is 25.9 Å². The normalized spacial score (nSPS) is 11.8. The van der Waals surface area contributed by atoms with Crippen LogP contribution < -0.4 is 0 Å². The van der Waals surface area contributed by atoms with Gasteiger partial charge in [0.05, 0.1) is 23.9 Å². The second-order valence-corrected chi connectivity index (χ2v) is 3.33. The third-order valence-electron chi connectivity index (χ3n) is 1.98. The molecule has 5 nitrogen and oxygen atoms in total. The molecular weight excluding hydrogens is 212 g/mol. The van der Waals surface area contributed by atoms with Crippen LogP contribution in [0, 0.1) is 0 Å². The van der Waals surface area contributed by atoms with Gasteiger partial charge in [-0.25, -0.2) is 9.59 Å². The van der Waals surface area contributed by atoms with Gasteiger partial charge in [-0.15, -0.1) is 0 Å². The summed E-state index contributed by atoms with van der Waals surface area (Å²) in [6.07, 6.45) is 0.535. The van der Waals surface area contributed by atoms with Crippen molar-refractivity contribution >= 4 is 11.9 Å². The summed E-state index contributed by atoms with van der Waals surface area (Å²) in [6.45, 7) is 8.35. The predicted molar refractivity (Wildman–Crippen MR) is 58.2 cm³/mol. The van der Waals surface area contributed by atoms with Crippen LogP contribution >= 0.6 is 0 Å². The standard InChI is InChI=1S/C11H16O5/c1-4-5-9(8(3)11(14)15)16-6-7(2)10(12)13/h9H,2-6H2,1H3,(H,12,13)(H,14,15). The lowest BCUT2D eigenvalue weighted by Gasteiger charge is -2.17. The van der Waals surface area contributed by atoms with Gasteiger partial charge in [0.15, 0.2) is 0 Å². The summed E-state index contributed by atoms with van der Waals surface area (Å²) in [6, 6.07) is 0. The molecule has 1 unspecified atom stereocenters. The molecule has 0 saturated heterocycles. The van der Waals surface area contributed by atoms with Gasteiger partial charge in [-0.1, -0.05) is 26.5 Å². The second-order valence-electron chi connectivity index (χ2n) is 3.33. The first-order chi connectivity index (χ1) is 7.40. The highest BCUT2D eigenvalue weighted by molar-refractivity contribution is 5.87. The fourth-order valence-electron chi connectivity index (χ4n) is 1.02. The van der Waals surface area contributed by atoms with Crippen LogP contribution in [0.4, 0.5) is 0 Å². The van der Waals surface area contributed by atoms with E-state index in [4.69, 9.17) is 14.9 Å². The molecule has 0 heterocycles. The van der Waals surface area contributed by atoms with Crippen molar-refractivity contribution in [1.29, 1.82) is 0 Å². The highest BCUT2D eigenvalue weighted by Gasteiger charge is 2.19. The Morgan fingerprint density at radius 3 is 2.19 bits per heavy atom. The van der Waals surface area contributed by atoms with E-state index in [-0.39, 0.29) is 17.8 Å². The molecule has 0 aromatic heterocycles. The van der Waals surface area contributed by atoms with Gasteiger partial charge in [0.25, 0.3) is 0 Å². The number of ether oxygens (including phenoxy) is 1. The minimum atomic E-state index is -1.16. The largest absolute Gasteiger partial charge is 0.478 e. The van der Waals surface area contributed by atoms with E-state index in [0.29, 0.717) is 6.42 Å². The van der Waals surface area contributed by atoms with Crippen molar-refractivity contribution in [2.75, 3.05) is 6.61 Å². The lowest BCUT2D eigenvalue weighted by atomic mass is 10.1. The molecule has 0 aliphatic heterocycles. The lowest BCUT2D eigenvalue weighted by Crippen LogP contribution is -2.22. The maximum atomic E-state index is 10.7. The molecule has 0 spiro atoms. The highest BCUT2D eigenvalue weighted by Crippen LogP contribution is 2.13. The zero-order chi connectivity index (χ0) is 12.7. The monoisotopic (exact) mass is 228 g/mol. The van der Waals surface area contributed by atoms with E-state index < -0.39 is 18.0 Å². The molecule has 0 radical (unpaired) electrons. The Labute approximate surface area is 94.0 Å². The Morgan fingerprint density at radius 2 is 1.81 bits per heavy atom. The molecule has 90 valence electrons. The van der Waals surface area contributed by atoms with Gasteiger partial charge in [-0.05, 0) is 6.42 Å².